The molecule has 0 radical (unpaired) electrons. The third-order valence-corrected chi connectivity index (χ3v) is 4.61. The first-order valence-corrected chi connectivity index (χ1v) is 7.41. The van der Waals surface area contributed by atoms with E-state index in [1.807, 2.05) is 4.98 Å². The van der Waals surface area contributed by atoms with E-state index < -0.39 is 38.3 Å². The molecule has 2 atom stereocenters. The molecule has 1 aliphatic rings. The third kappa shape index (κ3) is 3.11. The summed E-state index contributed by atoms with van der Waals surface area (Å²) >= 11 is 0. The quantitative estimate of drug-likeness (QED) is 0.546. The van der Waals surface area contributed by atoms with E-state index >= 15 is 0 Å². The molecule has 19 heavy (non-hydrogen) atoms. The number of aromatic nitrogens is 2. The van der Waals surface area contributed by atoms with Gasteiger partial charge in [0, 0.05) is 12.2 Å². The minimum atomic E-state index is -4.06. The second-order valence-corrected chi connectivity index (χ2v) is 6.20. The first-order valence-electron chi connectivity index (χ1n) is 5.92. The van der Waals surface area contributed by atoms with Crippen molar-refractivity contribution in [3.63, 3.8) is 0 Å². The number of sulfonamides is 1. The molecule has 0 saturated heterocycles. The van der Waals surface area contributed by atoms with Crippen LogP contribution in [-0.2, 0) is 10.0 Å². The van der Waals surface area contributed by atoms with E-state index in [2.05, 4.69) is 9.71 Å². The van der Waals surface area contributed by atoms with Gasteiger partial charge in [-0.25, -0.2) is 17.9 Å². The maximum absolute atomic E-state index is 12.0. The summed E-state index contributed by atoms with van der Waals surface area (Å²) in [6, 6.07) is -0.606. The number of rotatable bonds is 3. The summed E-state index contributed by atoms with van der Waals surface area (Å²) in [4.78, 5) is 25.7. The Balaban J connectivity index is 2.27. The van der Waals surface area contributed by atoms with Crippen molar-refractivity contribution in [2.75, 3.05) is 0 Å². The van der Waals surface area contributed by atoms with E-state index in [1.165, 1.54) is 0 Å². The topological polar surface area (TPSA) is 132 Å². The second kappa shape index (κ2) is 5.27. The molecule has 1 aliphatic carbocycles. The molecule has 1 aromatic rings. The van der Waals surface area contributed by atoms with Crippen LogP contribution in [0.25, 0.3) is 0 Å². The van der Waals surface area contributed by atoms with Crippen molar-refractivity contribution in [3.05, 3.63) is 27.0 Å². The normalized spacial score (nSPS) is 24.3. The van der Waals surface area contributed by atoms with Crippen molar-refractivity contribution < 1.29 is 13.5 Å². The Morgan fingerprint density at radius 1 is 1.26 bits per heavy atom. The summed E-state index contributed by atoms with van der Waals surface area (Å²) in [5.41, 5.74) is -1.76. The van der Waals surface area contributed by atoms with Crippen molar-refractivity contribution in [1.29, 1.82) is 0 Å². The predicted molar refractivity (Wildman–Crippen MR) is 66.3 cm³/mol. The maximum atomic E-state index is 12.0. The molecule has 4 N–H and O–H groups in total. The Bertz CT molecular complexity index is 662. The lowest BCUT2D eigenvalue weighted by atomic mass is 9.93. The molecule has 0 spiro atoms. The van der Waals surface area contributed by atoms with Gasteiger partial charge in [-0.05, 0) is 12.8 Å². The van der Waals surface area contributed by atoms with Crippen LogP contribution < -0.4 is 16.0 Å². The first-order chi connectivity index (χ1) is 8.90. The zero-order valence-electron chi connectivity index (χ0n) is 10.0. The largest absolute Gasteiger partial charge is 0.391 e. The van der Waals surface area contributed by atoms with Gasteiger partial charge in [0.25, 0.3) is 5.56 Å². The summed E-state index contributed by atoms with van der Waals surface area (Å²) in [7, 11) is -4.06. The lowest BCUT2D eigenvalue weighted by Crippen LogP contribution is -2.46. The van der Waals surface area contributed by atoms with Crippen LogP contribution in [0.3, 0.4) is 0 Å². The monoisotopic (exact) mass is 289 g/mol. The van der Waals surface area contributed by atoms with Gasteiger partial charge < -0.3 is 10.1 Å². The number of hydrogen-bond donors (Lipinski definition) is 4. The van der Waals surface area contributed by atoms with E-state index in [0.29, 0.717) is 12.8 Å². The molecule has 0 amide bonds. The third-order valence-electron chi connectivity index (χ3n) is 3.11. The van der Waals surface area contributed by atoms with Crippen LogP contribution >= 0.6 is 0 Å². The summed E-state index contributed by atoms with van der Waals surface area (Å²) < 4.78 is 26.3. The molecule has 0 bridgehead atoms. The van der Waals surface area contributed by atoms with Gasteiger partial charge in [0.05, 0.1) is 6.10 Å². The minimum Gasteiger partial charge on any atom is -0.391 e. The minimum absolute atomic E-state index is 0.516. The molecular formula is C10H15N3O5S. The fourth-order valence-electron chi connectivity index (χ4n) is 2.11. The molecule has 2 unspecified atom stereocenters. The lowest BCUT2D eigenvalue weighted by Gasteiger charge is -2.27. The van der Waals surface area contributed by atoms with E-state index in [0.717, 1.165) is 19.0 Å². The van der Waals surface area contributed by atoms with Crippen molar-refractivity contribution in [1.82, 2.24) is 14.7 Å². The first kappa shape index (κ1) is 14.0. The van der Waals surface area contributed by atoms with Crippen molar-refractivity contribution in [3.8, 4) is 0 Å². The zero-order chi connectivity index (χ0) is 14.0. The van der Waals surface area contributed by atoms with Crippen LogP contribution in [-0.4, -0.2) is 35.6 Å². The highest BCUT2D eigenvalue weighted by Crippen LogP contribution is 2.19. The van der Waals surface area contributed by atoms with Crippen molar-refractivity contribution in [2.45, 2.75) is 42.7 Å². The summed E-state index contributed by atoms with van der Waals surface area (Å²) in [6.07, 6.45) is 2.78. The van der Waals surface area contributed by atoms with E-state index in [1.54, 1.807) is 0 Å². The van der Waals surface area contributed by atoms with Gasteiger partial charge >= 0.3 is 5.69 Å². The molecule has 1 aromatic heterocycles. The molecule has 2 rings (SSSR count). The molecule has 0 aromatic carbocycles. The summed E-state index contributed by atoms with van der Waals surface area (Å²) in [5.74, 6) is 0. The standard InChI is InChI=1S/C10H15N3O5S/c14-7-4-2-1-3-6(7)13-19(17,18)8-5-11-10(16)12-9(8)15/h5-7,13-14H,1-4H2,(H2,11,12,15,16). The zero-order valence-corrected chi connectivity index (χ0v) is 10.9. The van der Waals surface area contributed by atoms with E-state index in [-0.39, 0.29) is 0 Å². The van der Waals surface area contributed by atoms with Crippen LogP contribution in [0.4, 0.5) is 0 Å². The second-order valence-electron chi connectivity index (χ2n) is 4.52. The van der Waals surface area contributed by atoms with Crippen LogP contribution in [0.2, 0.25) is 0 Å². The highest BCUT2D eigenvalue weighted by atomic mass is 32.2. The SMILES string of the molecule is O=c1[nH]cc(S(=O)(=O)NC2CCCCC2O)c(=O)[nH]1. The molecule has 106 valence electrons. The van der Waals surface area contributed by atoms with Gasteiger partial charge in [-0.3, -0.25) is 9.78 Å². The van der Waals surface area contributed by atoms with Crippen LogP contribution in [0.5, 0.6) is 0 Å². The average Bonchev–Trinajstić information content (AvgIpc) is 2.31. The Morgan fingerprint density at radius 3 is 2.58 bits per heavy atom. The maximum Gasteiger partial charge on any atom is 0.325 e. The fourth-order valence-corrected chi connectivity index (χ4v) is 3.42. The van der Waals surface area contributed by atoms with Crippen molar-refractivity contribution in [2.24, 2.45) is 0 Å². The summed E-state index contributed by atoms with van der Waals surface area (Å²) in [5, 5.41) is 9.72. The molecular weight excluding hydrogens is 274 g/mol. The molecule has 8 nitrogen and oxygen atoms in total. The van der Waals surface area contributed by atoms with Gasteiger partial charge in [-0.15, -0.1) is 0 Å². The highest BCUT2D eigenvalue weighted by molar-refractivity contribution is 7.89. The average molecular weight is 289 g/mol. The summed E-state index contributed by atoms with van der Waals surface area (Å²) in [6.45, 7) is 0. The molecule has 1 fully saturated rings. The number of H-pyrrole nitrogens is 2. The Hall–Kier alpha value is -1.45. The molecule has 1 saturated carbocycles. The van der Waals surface area contributed by atoms with Gasteiger partial charge in [0.1, 0.15) is 0 Å². The smallest absolute Gasteiger partial charge is 0.325 e. The molecule has 0 aliphatic heterocycles. The van der Waals surface area contributed by atoms with E-state index in [9.17, 15) is 23.1 Å². The van der Waals surface area contributed by atoms with Crippen LogP contribution in [0, 0.1) is 0 Å². The number of hydrogen-bond acceptors (Lipinski definition) is 5. The number of nitrogens with one attached hydrogen (secondary N) is 3. The van der Waals surface area contributed by atoms with Gasteiger partial charge in [0.15, 0.2) is 4.90 Å². The lowest BCUT2D eigenvalue weighted by molar-refractivity contribution is 0.101. The van der Waals surface area contributed by atoms with Crippen molar-refractivity contribution >= 4 is 10.0 Å². The molecule has 1 heterocycles. The van der Waals surface area contributed by atoms with Crippen LogP contribution in [0.1, 0.15) is 25.7 Å². The van der Waals surface area contributed by atoms with Crippen LogP contribution in [0.15, 0.2) is 20.7 Å². The van der Waals surface area contributed by atoms with E-state index in [4.69, 9.17) is 0 Å². The predicted octanol–water partition coefficient (Wildman–Crippen LogP) is -1.35. The fraction of sp³-hybridized carbons (Fsp3) is 0.600. The Kier molecular flexibility index (Phi) is 3.88. The van der Waals surface area contributed by atoms with Gasteiger partial charge in [-0.2, -0.15) is 0 Å². The Morgan fingerprint density at radius 2 is 1.95 bits per heavy atom. The molecule has 9 heteroatoms. The number of aromatic amines is 2. The van der Waals surface area contributed by atoms with Gasteiger partial charge in [-0.1, -0.05) is 12.8 Å². The highest BCUT2D eigenvalue weighted by Gasteiger charge is 2.29. The van der Waals surface area contributed by atoms with Gasteiger partial charge in [0.2, 0.25) is 10.0 Å². The number of aliphatic hydroxyl groups excluding tert-OH is 1. The Labute approximate surface area is 108 Å². The number of aliphatic hydroxyl groups is 1.